The molecule has 0 bridgehead atoms. The molecule has 3 rings (SSSR count). The Morgan fingerprint density at radius 1 is 1.19 bits per heavy atom. The van der Waals surface area contributed by atoms with E-state index in [1.165, 1.54) is 5.56 Å². The summed E-state index contributed by atoms with van der Waals surface area (Å²) < 4.78 is 16.7. The number of likely N-dealkylation sites (N-methyl/N-ethyl adjacent to an activating group) is 1. The van der Waals surface area contributed by atoms with Crippen molar-refractivity contribution in [2.24, 2.45) is 5.92 Å². The van der Waals surface area contributed by atoms with Gasteiger partial charge in [-0.15, -0.1) is 0 Å². The van der Waals surface area contributed by atoms with Crippen molar-refractivity contribution < 1.29 is 19.0 Å². The molecule has 0 spiro atoms. The number of fused-ring (bicyclic) bond motifs is 1. The van der Waals surface area contributed by atoms with Crippen LogP contribution < -0.4 is 9.47 Å². The SMILES string of the molecule is COc1ccc(C23CCC(OC(=O)C(C)C)CC2N(C)CC3)cc1OC. The third kappa shape index (κ3) is 3.29. The van der Waals surface area contributed by atoms with Crippen molar-refractivity contribution in [2.75, 3.05) is 27.8 Å². The van der Waals surface area contributed by atoms with Gasteiger partial charge in [-0.05, 0) is 50.6 Å². The van der Waals surface area contributed by atoms with Gasteiger partial charge in [0.05, 0.1) is 20.1 Å². The highest BCUT2D eigenvalue weighted by Gasteiger charge is 2.51. The highest BCUT2D eigenvalue weighted by atomic mass is 16.5. The molecular formula is C21H31NO4. The Hall–Kier alpha value is -1.75. The van der Waals surface area contributed by atoms with Crippen LogP contribution in [0, 0.1) is 5.92 Å². The van der Waals surface area contributed by atoms with Crippen molar-refractivity contribution in [1.29, 1.82) is 0 Å². The summed E-state index contributed by atoms with van der Waals surface area (Å²) in [4.78, 5) is 14.4. The molecule has 26 heavy (non-hydrogen) atoms. The maximum absolute atomic E-state index is 12.0. The number of hydrogen-bond donors (Lipinski definition) is 0. The van der Waals surface area contributed by atoms with Crippen LogP contribution in [0.3, 0.4) is 0 Å². The first-order valence-corrected chi connectivity index (χ1v) is 9.54. The van der Waals surface area contributed by atoms with Crippen LogP contribution in [0.15, 0.2) is 18.2 Å². The summed E-state index contributed by atoms with van der Waals surface area (Å²) in [6.07, 6.45) is 3.96. The van der Waals surface area contributed by atoms with E-state index in [4.69, 9.17) is 14.2 Å². The second-order valence-electron chi connectivity index (χ2n) is 7.96. The third-order valence-electron chi connectivity index (χ3n) is 6.19. The van der Waals surface area contributed by atoms with Crippen molar-refractivity contribution >= 4 is 5.97 Å². The maximum atomic E-state index is 12.0. The Bertz CT molecular complexity index is 659. The fourth-order valence-corrected chi connectivity index (χ4v) is 4.64. The van der Waals surface area contributed by atoms with Crippen LogP contribution >= 0.6 is 0 Å². The fourth-order valence-electron chi connectivity index (χ4n) is 4.64. The van der Waals surface area contributed by atoms with E-state index in [1.807, 2.05) is 19.9 Å². The Balaban J connectivity index is 1.86. The summed E-state index contributed by atoms with van der Waals surface area (Å²) >= 11 is 0. The molecule has 1 aromatic rings. The van der Waals surface area contributed by atoms with Gasteiger partial charge in [-0.25, -0.2) is 0 Å². The molecule has 2 fully saturated rings. The van der Waals surface area contributed by atoms with Crippen molar-refractivity contribution in [3.8, 4) is 11.5 Å². The van der Waals surface area contributed by atoms with Crippen molar-refractivity contribution in [1.82, 2.24) is 4.90 Å². The van der Waals surface area contributed by atoms with Gasteiger partial charge >= 0.3 is 5.97 Å². The molecule has 0 radical (unpaired) electrons. The highest BCUT2D eigenvalue weighted by Crippen LogP contribution is 2.50. The van der Waals surface area contributed by atoms with Gasteiger partial charge in [-0.1, -0.05) is 19.9 Å². The zero-order chi connectivity index (χ0) is 18.9. The molecule has 1 saturated heterocycles. The van der Waals surface area contributed by atoms with E-state index in [9.17, 15) is 4.79 Å². The molecule has 0 N–H and O–H groups in total. The van der Waals surface area contributed by atoms with Crippen LogP contribution in [0.2, 0.25) is 0 Å². The van der Waals surface area contributed by atoms with E-state index in [2.05, 4.69) is 24.1 Å². The first-order valence-electron chi connectivity index (χ1n) is 9.54. The lowest BCUT2D eigenvalue weighted by Gasteiger charge is -2.44. The average Bonchev–Trinajstić information content (AvgIpc) is 2.98. The summed E-state index contributed by atoms with van der Waals surface area (Å²) in [6, 6.07) is 6.68. The van der Waals surface area contributed by atoms with E-state index in [0.717, 1.165) is 43.7 Å². The second kappa shape index (κ2) is 7.47. The number of benzene rings is 1. The van der Waals surface area contributed by atoms with E-state index < -0.39 is 0 Å². The Labute approximate surface area is 156 Å². The fraction of sp³-hybridized carbons (Fsp3) is 0.667. The maximum Gasteiger partial charge on any atom is 0.308 e. The van der Waals surface area contributed by atoms with Gasteiger partial charge in [0.25, 0.3) is 0 Å². The minimum atomic E-state index is -0.0886. The van der Waals surface area contributed by atoms with Crippen molar-refractivity contribution in [3.63, 3.8) is 0 Å². The molecule has 0 amide bonds. The van der Waals surface area contributed by atoms with Gasteiger partial charge in [0.2, 0.25) is 0 Å². The molecule has 1 aliphatic carbocycles. The topological polar surface area (TPSA) is 48.0 Å². The van der Waals surface area contributed by atoms with Crippen LogP contribution in [0.5, 0.6) is 11.5 Å². The molecule has 3 atom stereocenters. The highest BCUT2D eigenvalue weighted by molar-refractivity contribution is 5.71. The zero-order valence-corrected chi connectivity index (χ0v) is 16.6. The summed E-state index contributed by atoms with van der Waals surface area (Å²) in [6.45, 7) is 4.84. The van der Waals surface area contributed by atoms with Gasteiger partial charge in [0.1, 0.15) is 6.10 Å². The molecular weight excluding hydrogens is 330 g/mol. The van der Waals surface area contributed by atoms with Crippen LogP contribution in [-0.2, 0) is 14.9 Å². The van der Waals surface area contributed by atoms with Gasteiger partial charge in [-0.3, -0.25) is 4.79 Å². The number of rotatable bonds is 5. The minimum Gasteiger partial charge on any atom is -0.493 e. The summed E-state index contributed by atoms with van der Waals surface area (Å²) in [5, 5.41) is 0. The monoisotopic (exact) mass is 361 g/mol. The molecule has 1 aliphatic heterocycles. The lowest BCUT2D eigenvalue weighted by Crippen LogP contribution is -2.48. The predicted molar refractivity (Wildman–Crippen MR) is 101 cm³/mol. The van der Waals surface area contributed by atoms with Crippen LogP contribution in [0.4, 0.5) is 0 Å². The number of hydrogen-bond acceptors (Lipinski definition) is 5. The summed E-state index contributed by atoms with van der Waals surface area (Å²) in [5.41, 5.74) is 1.40. The standard InChI is InChI=1S/C21H31NO4/c1-14(2)20(23)26-16-8-9-21(10-11-22(3)19(21)13-16)15-6-7-17(24-4)18(12-15)25-5/h6-7,12,14,16,19H,8-11,13H2,1-5H3. The molecule has 2 aliphatic rings. The largest absolute Gasteiger partial charge is 0.493 e. The first kappa shape index (κ1) is 19.0. The molecule has 5 heteroatoms. The van der Waals surface area contributed by atoms with Gasteiger partial charge < -0.3 is 19.1 Å². The Morgan fingerprint density at radius 3 is 2.58 bits per heavy atom. The normalized spacial score (nSPS) is 28.7. The second-order valence-corrected chi connectivity index (χ2v) is 7.96. The van der Waals surface area contributed by atoms with Crippen LogP contribution in [-0.4, -0.2) is 50.8 Å². The summed E-state index contributed by atoms with van der Waals surface area (Å²) in [5.74, 6) is 1.37. The van der Waals surface area contributed by atoms with E-state index in [1.54, 1.807) is 14.2 Å². The number of nitrogens with zero attached hydrogens (tertiary/aromatic N) is 1. The molecule has 0 aromatic heterocycles. The predicted octanol–water partition coefficient (Wildman–Crippen LogP) is 3.40. The lowest BCUT2D eigenvalue weighted by atomic mass is 9.65. The van der Waals surface area contributed by atoms with Gasteiger partial charge in [0, 0.05) is 17.9 Å². The molecule has 5 nitrogen and oxygen atoms in total. The molecule has 144 valence electrons. The van der Waals surface area contributed by atoms with Gasteiger partial charge in [0.15, 0.2) is 11.5 Å². The van der Waals surface area contributed by atoms with E-state index >= 15 is 0 Å². The first-order chi connectivity index (χ1) is 12.4. The number of esters is 1. The molecule has 1 saturated carbocycles. The number of methoxy groups -OCH3 is 2. The lowest BCUT2D eigenvalue weighted by molar-refractivity contribution is -0.155. The smallest absolute Gasteiger partial charge is 0.308 e. The number of likely N-dealkylation sites (tertiary alicyclic amines) is 1. The van der Waals surface area contributed by atoms with Crippen molar-refractivity contribution in [2.45, 2.75) is 57.1 Å². The number of carbonyl (C=O) groups excluding carboxylic acids is 1. The van der Waals surface area contributed by atoms with E-state index in [0.29, 0.717) is 6.04 Å². The van der Waals surface area contributed by atoms with E-state index in [-0.39, 0.29) is 23.4 Å². The quantitative estimate of drug-likeness (QED) is 0.752. The Kier molecular flexibility index (Phi) is 5.47. The van der Waals surface area contributed by atoms with Crippen molar-refractivity contribution in [3.05, 3.63) is 23.8 Å². The minimum absolute atomic E-state index is 0.0173. The number of carbonyl (C=O) groups is 1. The molecule has 1 aromatic carbocycles. The average molecular weight is 361 g/mol. The number of ether oxygens (including phenoxy) is 3. The van der Waals surface area contributed by atoms with Crippen LogP contribution in [0.25, 0.3) is 0 Å². The zero-order valence-electron chi connectivity index (χ0n) is 16.6. The van der Waals surface area contributed by atoms with Gasteiger partial charge in [-0.2, -0.15) is 0 Å². The Morgan fingerprint density at radius 2 is 1.92 bits per heavy atom. The molecule has 1 heterocycles. The van der Waals surface area contributed by atoms with Crippen LogP contribution in [0.1, 0.15) is 45.1 Å². The molecule has 3 unspecified atom stereocenters. The summed E-state index contributed by atoms with van der Waals surface area (Å²) in [7, 11) is 5.52. The third-order valence-corrected chi connectivity index (χ3v) is 6.19.